The van der Waals surface area contributed by atoms with Gasteiger partial charge in [0.25, 0.3) is 0 Å². The van der Waals surface area contributed by atoms with Crippen molar-refractivity contribution < 1.29 is 18.3 Å². The molecule has 2 aromatic heterocycles. The van der Waals surface area contributed by atoms with Crippen LogP contribution in [0, 0.1) is 5.82 Å². The zero-order valence-electron chi connectivity index (χ0n) is 22.6. The number of ether oxygens (including phenoxy) is 1. The quantitative estimate of drug-likeness (QED) is 0.236. The molecule has 0 bridgehead atoms. The van der Waals surface area contributed by atoms with Gasteiger partial charge in [-0.3, -0.25) is 4.79 Å². The van der Waals surface area contributed by atoms with Gasteiger partial charge in [-0.05, 0) is 80.9 Å². The molecule has 198 valence electrons. The largest absolute Gasteiger partial charge is 0.462 e. The Balaban J connectivity index is 1.59. The van der Waals surface area contributed by atoms with Gasteiger partial charge in [0.1, 0.15) is 11.4 Å². The molecule has 2 aliphatic rings. The molecule has 1 aromatic carbocycles. The van der Waals surface area contributed by atoms with Gasteiger partial charge in [0.05, 0.1) is 18.2 Å². The molecule has 1 saturated carbocycles. The van der Waals surface area contributed by atoms with Crippen LogP contribution in [0.2, 0.25) is 18.1 Å². The number of aromatic nitrogens is 1. The summed E-state index contributed by atoms with van der Waals surface area (Å²) in [6, 6.07) is 5.40. The van der Waals surface area contributed by atoms with Gasteiger partial charge < -0.3 is 13.7 Å². The first-order chi connectivity index (χ1) is 17.4. The molecule has 1 unspecified atom stereocenters. The van der Waals surface area contributed by atoms with Crippen LogP contribution in [-0.4, -0.2) is 25.5 Å². The van der Waals surface area contributed by atoms with Crippen molar-refractivity contribution >= 4 is 36.5 Å². The fraction of sp³-hybridized carbons (Fsp3) is 0.517. The summed E-state index contributed by atoms with van der Waals surface area (Å²) >= 11 is 1.63. The number of carbonyl (C=O) groups is 1. The zero-order valence-corrected chi connectivity index (χ0v) is 24.4. The number of nitrogens with zero attached hydrogens (tertiary/aromatic N) is 1. The minimum Gasteiger partial charge on any atom is -0.462 e. The number of halogens is 1. The van der Waals surface area contributed by atoms with E-state index in [-0.39, 0.29) is 34.7 Å². The van der Waals surface area contributed by atoms with Crippen LogP contribution >= 0.6 is 11.3 Å². The molecule has 8 heteroatoms. The Morgan fingerprint density at radius 1 is 1.19 bits per heavy atom. The second-order valence-corrected chi connectivity index (χ2v) is 17.7. The van der Waals surface area contributed by atoms with E-state index >= 15 is 4.39 Å². The van der Waals surface area contributed by atoms with Gasteiger partial charge in [-0.1, -0.05) is 20.8 Å². The molecule has 0 spiro atoms. The van der Waals surface area contributed by atoms with Crippen molar-refractivity contribution in [1.29, 1.82) is 0 Å². The average Bonchev–Trinajstić information content (AvgIpc) is 3.56. The molecule has 0 saturated heterocycles. The maximum atomic E-state index is 15.6. The Morgan fingerprint density at radius 2 is 1.92 bits per heavy atom. The van der Waals surface area contributed by atoms with Gasteiger partial charge in [-0.25, -0.2) is 9.18 Å². The van der Waals surface area contributed by atoms with Crippen molar-refractivity contribution in [2.24, 2.45) is 0 Å². The van der Waals surface area contributed by atoms with Crippen molar-refractivity contribution in [3.05, 3.63) is 56.4 Å². The molecule has 1 atom stereocenters. The maximum absolute atomic E-state index is 15.6. The highest BCUT2D eigenvalue weighted by molar-refractivity contribution is 7.15. The van der Waals surface area contributed by atoms with E-state index in [1.807, 2.05) is 4.57 Å². The molecular weight excluding hydrogens is 505 g/mol. The lowest BCUT2D eigenvalue weighted by atomic mass is 9.95. The molecule has 0 aliphatic heterocycles. The Kier molecular flexibility index (Phi) is 6.74. The van der Waals surface area contributed by atoms with Crippen molar-refractivity contribution in [2.45, 2.75) is 90.1 Å². The Hall–Kier alpha value is -2.29. The molecule has 37 heavy (non-hydrogen) atoms. The third kappa shape index (κ3) is 4.84. The van der Waals surface area contributed by atoms with E-state index in [1.165, 1.54) is 16.5 Å². The summed E-state index contributed by atoms with van der Waals surface area (Å²) in [4.78, 5) is 27.7. The van der Waals surface area contributed by atoms with Crippen molar-refractivity contribution in [2.75, 3.05) is 6.61 Å². The normalized spacial score (nSPS) is 18.2. The fourth-order valence-electron chi connectivity index (χ4n) is 4.87. The number of thiophene rings is 1. The number of fused-ring (bicyclic) bond motifs is 2. The minimum absolute atomic E-state index is 0.0365. The summed E-state index contributed by atoms with van der Waals surface area (Å²) in [7, 11) is -1.96. The van der Waals surface area contributed by atoms with Crippen LogP contribution in [0.1, 0.15) is 86.3 Å². The van der Waals surface area contributed by atoms with Crippen LogP contribution in [0.4, 0.5) is 4.39 Å². The van der Waals surface area contributed by atoms with Crippen LogP contribution in [-0.2, 0) is 15.6 Å². The smallest absolute Gasteiger partial charge is 0.343 e. The molecule has 0 radical (unpaired) electrons. The minimum atomic E-state index is -1.96. The van der Waals surface area contributed by atoms with Crippen LogP contribution in [0.5, 0.6) is 0 Å². The second kappa shape index (κ2) is 9.47. The number of aryl methyl sites for hydroxylation is 1. The molecule has 0 amide bonds. The molecule has 0 N–H and O–H groups in total. The fourth-order valence-corrected chi connectivity index (χ4v) is 7.45. The van der Waals surface area contributed by atoms with E-state index in [1.54, 1.807) is 30.5 Å². The topological polar surface area (TPSA) is 57.5 Å². The maximum Gasteiger partial charge on any atom is 0.343 e. The predicted octanol–water partition coefficient (Wildman–Crippen LogP) is 7.78. The molecule has 3 aromatic rings. The van der Waals surface area contributed by atoms with Crippen LogP contribution < -0.4 is 5.43 Å². The number of pyridine rings is 1. The molecule has 5 rings (SSSR count). The highest BCUT2D eigenvalue weighted by Crippen LogP contribution is 2.47. The predicted molar refractivity (Wildman–Crippen MR) is 150 cm³/mol. The highest BCUT2D eigenvalue weighted by Gasteiger charge is 2.40. The number of carbonyl (C=O) groups excluding carboxylic acids is 1. The van der Waals surface area contributed by atoms with Gasteiger partial charge in [-0.15, -0.1) is 11.3 Å². The summed E-state index contributed by atoms with van der Waals surface area (Å²) in [6.45, 7) is 13.2. The standard InChI is InChI=1S/C29H36FNO4SSi/c1-7-34-28(33)21-16-31(17-11-12-17)23-14-18(22(30)13-19(23)27(21)32)26-15-20-24(9-8-10-25(20)36-26)35-37(5,6)29(2,3)4/h13-17,24H,7-12H2,1-6H3. The van der Waals surface area contributed by atoms with Crippen LogP contribution in [0.3, 0.4) is 0 Å². The van der Waals surface area contributed by atoms with E-state index in [4.69, 9.17) is 9.16 Å². The van der Waals surface area contributed by atoms with Gasteiger partial charge in [-0.2, -0.15) is 0 Å². The second-order valence-electron chi connectivity index (χ2n) is 11.8. The van der Waals surface area contributed by atoms with E-state index in [0.29, 0.717) is 11.1 Å². The Morgan fingerprint density at radius 3 is 2.57 bits per heavy atom. The first-order valence-electron chi connectivity index (χ1n) is 13.3. The lowest BCUT2D eigenvalue weighted by Crippen LogP contribution is -2.42. The number of hydrogen-bond acceptors (Lipinski definition) is 5. The summed E-state index contributed by atoms with van der Waals surface area (Å²) < 4.78 is 29.5. The van der Waals surface area contributed by atoms with Gasteiger partial charge >= 0.3 is 5.97 Å². The van der Waals surface area contributed by atoms with E-state index in [9.17, 15) is 9.59 Å². The number of hydrogen-bond donors (Lipinski definition) is 0. The highest BCUT2D eigenvalue weighted by atomic mass is 32.1. The molecule has 1 fully saturated rings. The zero-order chi connectivity index (χ0) is 26.7. The SMILES string of the molecule is CCOC(=O)c1cn(C2CC2)c2cc(-c3cc4c(s3)CCCC4O[Si](C)(C)C(C)(C)C)c(F)cc2c1=O. The van der Waals surface area contributed by atoms with Crippen molar-refractivity contribution in [3.63, 3.8) is 0 Å². The third-order valence-electron chi connectivity index (χ3n) is 8.12. The summed E-state index contributed by atoms with van der Waals surface area (Å²) in [5.74, 6) is -1.11. The Labute approximate surface area is 222 Å². The number of benzene rings is 1. The summed E-state index contributed by atoms with van der Waals surface area (Å²) in [6.07, 6.45) is 6.58. The summed E-state index contributed by atoms with van der Waals surface area (Å²) in [5.41, 5.74) is 1.83. The molecule has 5 nitrogen and oxygen atoms in total. The first-order valence-corrected chi connectivity index (χ1v) is 17.0. The molecular formula is C29H36FNO4SSi. The number of rotatable bonds is 6. The van der Waals surface area contributed by atoms with Crippen molar-refractivity contribution in [3.8, 4) is 10.4 Å². The van der Waals surface area contributed by atoms with Crippen LogP contribution in [0.25, 0.3) is 21.3 Å². The molecule has 2 heterocycles. The van der Waals surface area contributed by atoms with E-state index in [2.05, 4.69) is 39.9 Å². The Bertz CT molecular complexity index is 1430. The molecule has 2 aliphatic carbocycles. The average molecular weight is 542 g/mol. The lowest BCUT2D eigenvalue weighted by Gasteiger charge is -2.40. The third-order valence-corrected chi connectivity index (χ3v) is 13.9. The lowest BCUT2D eigenvalue weighted by molar-refractivity contribution is 0.0524. The number of esters is 1. The van der Waals surface area contributed by atoms with Gasteiger partial charge in [0, 0.05) is 32.9 Å². The first kappa shape index (κ1) is 26.3. The van der Waals surface area contributed by atoms with Gasteiger partial charge in [0.15, 0.2) is 8.32 Å². The van der Waals surface area contributed by atoms with Gasteiger partial charge in [0.2, 0.25) is 5.43 Å². The summed E-state index contributed by atoms with van der Waals surface area (Å²) in [5, 5.41) is 0.335. The van der Waals surface area contributed by atoms with E-state index in [0.717, 1.165) is 37.0 Å². The van der Waals surface area contributed by atoms with Crippen molar-refractivity contribution in [1.82, 2.24) is 4.57 Å². The van der Waals surface area contributed by atoms with E-state index < -0.39 is 25.5 Å². The monoisotopic (exact) mass is 541 g/mol. The van der Waals surface area contributed by atoms with Crippen LogP contribution in [0.15, 0.2) is 29.2 Å².